The number of sulfonamides is 2. The Morgan fingerprint density at radius 1 is 1.05 bits per heavy atom. The van der Waals surface area contributed by atoms with Crippen LogP contribution >= 0.6 is 0 Å². The molecule has 1 aromatic carbocycles. The van der Waals surface area contributed by atoms with Crippen LogP contribution in [-0.4, -0.2) is 35.2 Å². The molecule has 0 aliphatic carbocycles. The average molecular weight is 348 g/mol. The molecule has 0 unspecified atom stereocenters. The molecule has 126 valence electrons. The predicted molar refractivity (Wildman–Crippen MR) is 87.8 cm³/mol. The molecule has 0 amide bonds. The second kappa shape index (κ2) is 6.66. The fraction of sp³-hybridized carbons (Fsp3) is 0.571. The van der Waals surface area contributed by atoms with Crippen molar-refractivity contribution in [3.63, 3.8) is 0 Å². The fourth-order valence-electron chi connectivity index (χ4n) is 1.93. The summed E-state index contributed by atoms with van der Waals surface area (Å²) in [4.78, 5) is 0.159. The Labute approximate surface area is 133 Å². The van der Waals surface area contributed by atoms with E-state index in [1.54, 1.807) is 38.1 Å². The monoisotopic (exact) mass is 348 g/mol. The number of hydrogen-bond acceptors (Lipinski definition) is 4. The van der Waals surface area contributed by atoms with Crippen molar-refractivity contribution in [2.45, 2.75) is 44.0 Å². The third-order valence-corrected chi connectivity index (χ3v) is 5.36. The van der Waals surface area contributed by atoms with Crippen LogP contribution in [0.3, 0.4) is 0 Å². The van der Waals surface area contributed by atoms with E-state index in [1.807, 2.05) is 13.8 Å². The van der Waals surface area contributed by atoms with Crippen LogP contribution in [-0.2, 0) is 20.0 Å². The van der Waals surface area contributed by atoms with Gasteiger partial charge in [-0.2, -0.15) is 0 Å². The van der Waals surface area contributed by atoms with E-state index in [9.17, 15) is 16.8 Å². The van der Waals surface area contributed by atoms with Gasteiger partial charge in [0.15, 0.2) is 0 Å². The summed E-state index contributed by atoms with van der Waals surface area (Å²) in [6, 6.07) is 6.65. The van der Waals surface area contributed by atoms with Crippen LogP contribution in [0.5, 0.6) is 0 Å². The molecular weight excluding hydrogens is 324 g/mol. The van der Waals surface area contributed by atoms with Gasteiger partial charge in [-0.1, -0.05) is 26.0 Å². The number of rotatable bonds is 7. The first-order chi connectivity index (χ1) is 9.82. The van der Waals surface area contributed by atoms with Crippen LogP contribution in [0, 0.1) is 0 Å². The van der Waals surface area contributed by atoms with E-state index in [4.69, 9.17) is 0 Å². The fourth-order valence-corrected chi connectivity index (χ4v) is 4.22. The number of nitrogens with one attached hydrogen (secondary N) is 2. The third-order valence-electron chi connectivity index (χ3n) is 3.02. The van der Waals surface area contributed by atoms with E-state index in [2.05, 4.69) is 9.44 Å². The van der Waals surface area contributed by atoms with Gasteiger partial charge in [-0.3, -0.25) is 0 Å². The van der Waals surface area contributed by atoms with Gasteiger partial charge in [0.2, 0.25) is 20.0 Å². The lowest BCUT2D eigenvalue weighted by Crippen LogP contribution is -2.50. The highest BCUT2D eigenvalue weighted by Gasteiger charge is 2.25. The molecule has 2 N–H and O–H groups in total. The molecule has 22 heavy (non-hydrogen) atoms. The first-order valence-corrected chi connectivity index (χ1v) is 10.3. The molecule has 1 aromatic rings. The molecule has 0 saturated heterocycles. The van der Waals surface area contributed by atoms with Gasteiger partial charge in [-0.25, -0.2) is 26.3 Å². The zero-order valence-electron chi connectivity index (χ0n) is 13.5. The van der Waals surface area contributed by atoms with Gasteiger partial charge in [0.1, 0.15) is 0 Å². The second-order valence-corrected chi connectivity index (χ2v) is 9.82. The van der Waals surface area contributed by atoms with Gasteiger partial charge in [0.25, 0.3) is 0 Å². The molecule has 0 aliphatic heterocycles. The van der Waals surface area contributed by atoms with Gasteiger partial charge in [-0.15, -0.1) is 0 Å². The lowest BCUT2D eigenvalue weighted by Gasteiger charge is -2.25. The summed E-state index contributed by atoms with van der Waals surface area (Å²) in [5.74, 6) is 0.322. The smallest absolute Gasteiger partial charge is 0.213 e. The maximum atomic E-state index is 12.2. The summed E-state index contributed by atoms with van der Waals surface area (Å²) in [6.07, 6.45) is 1.04. The van der Waals surface area contributed by atoms with Crippen molar-refractivity contribution in [3.05, 3.63) is 29.8 Å². The molecule has 0 saturated carbocycles. The minimum atomic E-state index is -3.68. The summed E-state index contributed by atoms with van der Waals surface area (Å²) >= 11 is 0. The van der Waals surface area contributed by atoms with Crippen LogP contribution in [0.15, 0.2) is 29.2 Å². The Bertz CT molecular complexity index is 706. The largest absolute Gasteiger partial charge is 0.240 e. The van der Waals surface area contributed by atoms with Gasteiger partial charge in [0.05, 0.1) is 11.2 Å². The molecular formula is C14H24N2O4S2. The number of hydrogen-bond donors (Lipinski definition) is 2. The second-order valence-electron chi connectivity index (χ2n) is 6.31. The highest BCUT2D eigenvalue weighted by atomic mass is 32.2. The summed E-state index contributed by atoms with van der Waals surface area (Å²) in [5.41, 5.74) is 0.136. The zero-order chi connectivity index (χ0) is 17.2. The number of benzene rings is 1. The molecule has 1 rings (SSSR count). The van der Waals surface area contributed by atoms with Crippen LogP contribution in [0.1, 0.15) is 39.2 Å². The minimum absolute atomic E-state index is 0.0473. The van der Waals surface area contributed by atoms with Gasteiger partial charge in [-0.05, 0) is 37.5 Å². The van der Waals surface area contributed by atoms with E-state index in [1.165, 1.54) is 0 Å². The predicted octanol–water partition coefficient (Wildman–Crippen LogP) is 1.42. The molecule has 0 radical (unpaired) electrons. The van der Waals surface area contributed by atoms with Crippen molar-refractivity contribution in [1.29, 1.82) is 0 Å². The molecule has 0 spiro atoms. The lowest BCUT2D eigenvalue weighted by molar-refractivity contribution is 0.446. The minimum Gasteiger partial charge on any atom is -0.213 e. The molecule has 0 aromatic heterocycles. The molecule has 0 aliphatic rings. The van der Waals surface area contributed by atoms with E-state index >= 15 is 0 Å². The molecule has 0 bridgehead atoms. The van der Waals surface area contributed by atoms with Crippen molar-refractivity contribution in [1.82, 2.24) is 9.44 Å². The Balaban J connectivity index is 2.83. The Kier molecular flexibility index (Phi) is 5.77. The van der Waals surface area contributed by atoms with Crippen LogP contribution in [0.25, 0.3) is 0 Å². The van der Waals surface area contributed by atoms with Crippen molar-refractivity contribution in [2.24, 2.45) is 0 Å². The summed E-state index contributed by atoms with van der Waals surface area (Å²) < 4.78 is 51.8. The van der Waals surface area contributed by atoms with E-state index in [-0.39, 0.29) is 11.4 Å². The van der Waals surface area contributed by atoms with E-state index in [0.717, 1.165) is 11.8 Å². The van der Waals surface area contributed by atoms with Crippen LogP contribution < -0.4 is 9.44 Å². The van der Waals surface area contributed by atoms with Crippen molar-refractivity contribution >= 4 is 20.0 Å². The molecule has 6 nitrogen and oxygen atoms in total. The molecule has 0 fully saturated rings. The van der Waals surface area contributed by atoms with Crippen LogP contribution in [0.2, 0.25) is 0 Å². The zero-order valence-corrected chi connectivity index (χ0v) is 15.2. The summed E-state index contributed by atoms with van der Waals surface area (Å²) in [7, 11) is -7.09. The third kappa shape index (κ3) is 6.04. The van der Waals surface area contributed by atoms with E-state index in [0.29, 0.717) is 5.92 Å². The summed E-state index contributed by atoms with van der Waals surface area (Å²) in [5, 5.41) is 0. The van der Waals surface area contributed by atoms with Crippen LogP contribution in [0.4, 0.5) is 0 Å². The Morgan fingerprint density at radius 3 is 1.95 bits per heavy atom. The SMILES string of the molecule is CC(C)c1ccc(S(=O)(=O)NCC(C)(C)NS(C)(=O)=O)cc1. The lowest BCUT2D eigenvalue weighted by atomic mass is 10.0. The molecule has 0 atom stereocenters. The average Bonchev–Trinajstić information content (AvgIpc) is 2.34. The first kappa shape index (κ1) is 19.1. The van der Waals surface area contributed by atoms with Crippen molar-refractivity contribution < 1.29 is 16.8 Å². The van der Waals surface area contributed by atoms with E-state index < -0.39 is 25.6 Å². The van der Waals surface area contributed by atoms with Gasteiger partial charge < -0.3 is 0 Å². The maximum absolute atomic E-state index is 12.2. The molecule has 8 heteroatoms. The standard InChI is InChI=1S/C14H24N2O4S2/c1-11(2)12-6-8-13(9-7-12)22(19,20)15-10-14(3,4)16-21(5,17)18/h6-9,11,15-16H,10H2,1-5H3. The molecule has 0 heterocycles. The van der Waals surface area contributed by atoms with Gasteiger partial charge in [0, 0.05) is 12.1 Å². The quantitative estimate of drug-likeness (QED) is 0.779. The van der Waals surface area contributed by atoms with Gasteiger partial charge >= 0.3 is 0 Å². The topological polar surface area (TPSA) is 92.3 Å². The Hall–Kier alpha value is -0.960. The highest BCUT2D eigenvalue weighted by molar-refractivity contribution is 7.89. The summed E-state index contributed by atoms with van der Waals surface area (Å²) in [6.45, 7) is 7.23. The van der Waals surface area contributed by atoms with Crippen molar-refractivity contribution in [3.8, 4) is 0 Å². The maximum Gasteiger partial charge on any atom is 0.240 e. The highest BCUT2D eigenvalue weighted by Crippen LogP contribution is 2.17. The first-order valence-electron chi connectivity index (χ1n) is 6.91. The van der Waals surface area contributed by atoms with Crippen molar-refractivity contribution in [2.75, 3.05) is 12.8 Å². The normalized spacial score (nSPS) is 13.5. The Morgan fingerprint density at radius 2 is 1.55 bits per heavy atom.